The minimum absolute atomic E-state index is 0.000402. The summed E-state index contributed by atoms with van der Waals surface area (Å²) in [6, 6.07) is 43.1. The number of nitrogens with one attached hydrogen (secondary N) is 2. The lowest BCUT2D eigenvalue weighted by Gasteiger charge is -2.50. The molecule has 4 spiro atoms. The van der Waals surface area contributed by atoms with Crippen LogP contribution in [0.15, 0.2) is 121 Å². The van der Waals surface area contributed by atoms with Crippen molar-refractivity contribution in [2.75, 3.05) is 108 Å². The molecule has 0 bridgehead atoms. The summed E-state index contributed by atoms with van der Waals surface area (Å²) in [5.41, 5.74) is 3.13. The number of rotatable bonds is 20. The highest BCUT2D eigenvalue weighted by Gasteiger charge is 2.58. The Morgan fingerprint density at radius 2 is 0.639 bits per heavy atom. The third kappa shape index (κ3) is 18.0. The van der Waals surface area contributed by atoms with Crippen molar-refractivity contribution in [2.24, 2.45) is 0 Å². The molecule has 4 aliphatic carbocycles. The van der Waals surface area contributed by atoms with E-state index in [4.69, 9.17) is 35.8 Å². The summed E-state index contributed by atoms with van der Waals surface area (Å²) in [4.78, 5) is 82.0. The standard InChI is InChI=1S/C23H34N4O2.C23H33N3O2.C21H30N4O.C21H29N3O/c1-21(2,24-3)16-26-17-22(27(18-29-6)20(26)28)12-14-23(15-13-22,25(4)5)19-10-8-7-9-11-19;1-6-22(19-10-8-7-9-11-19)12-14-23(15-13-22)17-25(16-21(2,3)24-4)20(27)26(23)18-28-5;1-19(2,22-3)15-25-16-20(23-18(25)26)11-13-21(14-12-20,24(4)5)17-9-7-6-8-10-17;1-5-20(17-9-7-6-8-10-17)11-13-21(14-12-20)16-24(18(25)23-21)15-19(2,3)22-4/h7-11H,12-18H2,1-2,4-6H3;7-11H,6,12-18H2,1-3,5H3;6-10H,11-16H2,1-2,4-5H3,(H,23,26);6-10H,5,11-16H2,1-3H3,(H,23,25). The Labute approximate surface area is 647 Å². The van der Waals surface area contributed by atoms with Gasteiger partial charge < -0.3 is 59.1 Å². The molecule has 8 aliphatic rings. The summed E-state index contributed by atoms with van der Waals surface area (Å²) < 4.78 is 10.8. The zero-order valence-corrected chi connectivity index (χ0v) is 68.2. The summed E-state index contributed by atoms with van der Waals surface area (Å²) in [5.74, 6) is 0. The Hall–Kier alpha value is -8.24. The van der Waals surface area contributed by atoms with Crippen LogP contribution in [0.3, 0.4) is 0 Å². The predicted molar refractivity (Wildman–Crippen MR) is 430 cm³/mol. The first-order valence-electron chi connectivity index (χ1n) is 39.4. The predicted octanol–water partition coefficient (Wildman–Crippen LogP) is 16.3. The second-order valence-electron chi connectivity index (χ2n) is 35.8. The number of amides is 8. The van der Waals surface area contributed by atoms with E-state index in [0.29, 0.717) is 59.3 Å². The van der Waals surface area contributed by atoms with Gasteiger partial charge in [-0.05, 0) is 177 Å². The smallest absolute Gasteiger partial charge is 0.322 e. The molecule has 4 heterocycles. The molecule has 2 N–H and O–H groups in total. The van der Waals surface area contributed by atoms with Gasteiger partial charge in [0.2, 0.25) is 22.2 Å². The van der Waals surface area contributed by atoms with Gasteiger partial charge in [-0.3, -0.25) is 19.6 Å². The molecule has 108 heavy (non-hydrogen) atoms. The van der Waals surface area contributed by atoms with E-state index >= 15 is 0 Å². The van der Waals surface area contributed by atoms with Gasteiger partial charge in [0, 0.05) is 107 Å². The minimum atomic E-state index is -0.577. The molecule has 584 valence electrons. The number of methoxy groups -OCH3 is 2. The fourth-order valence-electron chi connectivity index (χ4n) is 19.3. The largest absolute Gasteiger partial charge is 0.364 e. The summed E-state index contributed by atoms with van der Waals surface area (Å²) in [7, 11) is 11.9. The van der Waals surface area contributed by atoms with Crippen molar-refractivity contribution in [3.8, 4) is 0 Å². The maximum Gasteiger partial charge on any atom is 0.322 e. The van der Waals surface area contributed by atoms with E-state index in [2.05, 4.69) is 203 Å². The van der Waals surface area contributed by atoms with Gasteiger partial charge in [0.25, 0.3) is 0 Å². The molecule has 8 fully saturated rings. The maximum atomic E-state index is 13.2. The molecular formula is C88H126N14O6. The maximum absolute atomic E-state index is 13.2. The molecule has 12 rings (SSSR count). The van der Waals surface area contributed by atoms with Crippen LogP contribution in [0.5, 0.6) is 0 Å². The number of hydrogen-bond acceptors (Lipinski definition) is 8. The monoisotopic (exact) mass is 1470 g/mol. The van der Waals surface area contributed by atoms with Crippen molar-refractivity contribution in [3.05, 3.63) is 189 Å². The molecule has 4 aromatic rings. The summed E-state index contributed by atoms with van der Waals surface area (Å²) in [6.45, 7) is 54.6. The number of ether oxygens (including phenoxy) is 2. The molecular weight excluding hydrogens is 1350 g/mol. The molecule has 0 unspecified atom stereocenters. The van der Waals surface area contributed by atoms with Crippen molar-refractivity contribution in [1.29, 1.82) is 0 Å². The van der Waals surface area contributed by atoms with E-state index in [9.17, 15) is 19.2 Å². The molecule has 0 radical (unpaired) electrons. The van der Waals surface area contributed by atoms with Crippen LogP contribution in [0.4, 0.5) is 19.2 Å². The fraction of sp³-hybridized carbons (Fsp3) is 0.636. The van der Waals surface area contributed by atoms with E-state index < -0.39 is 22.2 Å². The van der Waals surface area contributed by atoms with Gasteiger partial charge in [0.15, 0.2) is 0 Å². The van der Waals surface area contributed by atoms with Crippen LogP contribution in [0.25, 0.3) is 19.4 Å². The van der Waals surface area contributed by atoms with Crippen molar-refractivity contribution in [2.45, 2.75) is 251 Å². The van der Waals surface area contributed by atoms with Crippen LogP contribution in [-0.2, 0) is 31.4 Å². The lowest BCUT2D eigenvalue weighted by atomic mass is 9.63. The number of carbonyl (C=O) groups excluding carboxylic acids is 4. The Bertz CT molecular complexity index is 3860. The molecule has 4 aliphatic heterocycles. The van der Waals surface area contributed by atoms with Crippen molar-refractivity contribution < 1.29 is 28.7 Å². The van der Waals surface area contributed by atoms with Crippen molar-refractivity contribution in [3.63, 3.8) is 0 Å². The molecule has 0 atom stereocenters. The number of nitrogens with zero attached hydrogens (tertiary/aromatic N) is 12. The summed E-state index contributed by atoms with van der Waals surface area (Å²) in [5, 5.41) is 6.52. The van der Waals surface area contributed by atoms with Gasteiger partial charge in [0.1, 0.15) is 13.5 Å². The van der Waals surface area contributed by atoms with E-state index in [-0.39, 0.29) is 68.2 Å². The lowest BCUT2D eigenvalue weighted by molar-refractivity contribution is -0.0156. The number of carbonyl (C=O) groups is 4. The number of urea groups is 4. The van der Waals surface area contributed by atoms with Gasteiger partial charge in [-0.25, -0.2) is 45.5 Å². The molecule has 20 heteroatoms. The number of hydrogen-bond donors (Lipinski definition) is 2. The first-order chi connectivity index (χ1) is 51.1. The van der Waals surface area contributed by atoms with E-state index in [0.717, 1.165) is 122 Å². The third-order valence-electron chi connectivity index (χ3n) is 26.3. The zero-order valence-electron chi connectivity index (χ0n) is 68.2. The van der Waals surface area contributed by atoms with Gasteiger partial charge in [0.05, 0.1) is 48.3 Å². The molecule has 4 saturated heterocycles. The van der Waals surface area contributed by atoms with Crippen LogP contribution in [0, 0.1) is 26.3 Å². The van der Waals surface area contributed by atoms with Gasteiger partial charge in [-0.15, -0.1) is 0 Å². The van der Waals surface area contributed by atoms with Gasteiger partial charge in [-0.2, -0.15) is 0 Å². The second-order valence-corrected chi connectivity index (χ2v) is 35.8. The SMILES string of the molecule is [C-]#[N+]C(C)(C)CN1CC2(CCC(CC)(c3ccccc3)CC2)N(COC)C1=O.[C-]#[N+]C(C)(C)CN1CC2(CCC(CC)(c3ccccc3)CC2)NC1=O.[C-]#[N+]C(C)(C)CN1CC2(CCC(c3ccccc3)(N(C)C)CC2)N(COC)C1=O.[C-]#[N+]C(C)(C)CN1CC2(CCC(c3ccccc3)(N(C)C)CC2)NC1=O. The van der Waals surface area contributed by atoms with Crippen LogP contribution in [0.1, 0.15) is 207 Å². The Morgan fingerprint density at radius 3 is 0.917 bits per heavy atom. The topological polar surface area (TPSA) is 154 Å². The third-order valence-corrected chi connectivity index (χ3v) is 26.3. The van der Waals surface area contributed by atoms with E-state index in [1.54, 1.807) is 14.2 Å². The first-order valence-corrected chi connectivity index (χ1v) is 39.4. The van der Waals surface area contributed by atoms with Crippen molar-refractivity contribution >= 4 is 24.1 Å². The summed E-state index contributed by atoms with van der Waals surface area (Å²) >= 11 is 0. The van der Waals surface area contributed by atoms with Gasteiger partial charge >= 0.3 is 24.1 Å². The van der Waals surface area contributed by atoms with E-state index in [1.807, 2.05) is 84.8 Å². The lowest BCUT2D eigenvalue weighted by Crippen LogP contribution is -2.55. The highest BCUT2D eigenvalue weighted by atomic mass is 16.5. The second kappa shape index (κ2) is 33.5. The van der Waals surface area contributed by atoms with Crippen LogP contribution in [0.2, 0.25) is 0 Å². The molecule has 4 saturated carbocycles. The zero-order chi connectivity index (χ0) is 78.8. The van der Waals surface area contributed by atoms with Crippen LogP contribution >= 0.6 is 0 Å². The Kier molecular flexibility index (Phi) is 26.0. The van der Waals surface area contributed by atoms with Crippen molar-refractivity contribution in [1.82, 2.24) is 49.8 Å². The average molecular weight is 1480 g/mol. The Balaban J connectivity index is 0.000000166. The van der Waals surface area contributed by atoms with Crippen LogP contribution < -0.4 is 10.6 Å². The molecule has 20 nitrogen and oxygen atoms in total. The molecule has 8 amide bonds. The molecule has 4 aromatic carbocycles. The summed E-state index contributed by atoms with van der Waals surface area (Å²) in [6.07, 6.45) is 18.3. The average Bonchev–Trinajstić information content (AvgIpc) is 1.55. The number of benzene rings is 4. The Morgan fingerprint density at radius 1 is 0.380 bits per heavy atom. The quantitative estimate of drug-likeness (QED) is 0.0829. The first kappa shape index (κ1) is 83.8. The molecule has 0 aromatic heterocycles. The van der Waals surface area contributed by atoms with Crippen LogP contribution in [-0.4, -0.2) is 216 Å². The fourth-order valence-corrected chi connectivity index (χ4v) is 19.3. The minimum Gasteiger partial charge on any atom is -0.364 e. The highest BCUT2D eigenvalue weighted by molar-refractivity contribution is 5.80. The van der Waals surface area contributed by atoms with E-state index in [1.165, 1.54) is 22.3 Å². The normalized spacial score (nSPS) is 28.5. The highest BCUT2D eigenvalue weighted by Crippen LogP contribution is 2.53. The van der Waals surface area contributed by atoms with Gasteiger partial charge in [-0.1, -0.05) is 135 Å².